The van der Waals surface area contributed by atoms with Crippen LogP contribution in [0.4, 0.5) is 19.0 Å². The van der Waals surface area contributed by atoms with Crippen LogP contribution >= 0.6 is 0 Å². The minimum atomic E-state index is -4.40. The molecule has 0 unspecified atom stereocenters. The summed E-state index contributed by atoms with van der Waals surface area (Å²) in [5.41, 5.74) is 1.11. The number of rotatable bonds is 4. The fourth-order valence-corrected chi connectivity index (χ4v) is 3.99. The van der Waals surface area contributed by atoms with Gasteiger partial charge in [0.2, 0.25) is 0 Å². The molecular formula is C22H21F3N6O. The Kier molecular flexibility index (Phi) is 5.30. The highest BCUT2D eigenvalue weighted by Gasteiger charge is 2.30. The van der Waals surface area contributed by atoms with Crippen LogP contribution in [0.5, 0.6) is 0 Å². The SMILES string of the molecule is FC(F)(F)c1cccc(-n2cc(CN3CCCN(c4noc5ccccc45)CC3)nn2)c1. The van der Waals surface area contributed by atoms with Crippen molar-refractivity contribution in [3.05, 3.63) is 66.0 Å². The van der Waals surface area contributed by atoms with E-state index in [1.165, 1.54) is 10.7 Å². The molecule has 166 valence electrons. The monoisotopic (exact) mass is 442 g/mol. The molecule has 7 nitrogen and oxygen atoms in total. The summed E-state index contributed by atoms with van der Waals surface area (Å²) in [4.78, 5) is 4.49. The molecule has 0 N–H and O–H groups in total. The summed E-state index contributed by atoms with van der Waals surface area (Å²) in [5, 5.41) is 13.5. The van der Waals surface area contributed by atoms with E-state index < -0.39 is 11.7 Å². The highest BCUT2D eigenvalue weighted by atomic mass is 19.4. The third kappa shape index (κ3) is 4.18. The molecule has 3 heterocycles. The van der Waals surface area contributed by atoms with Gasteiger partial charge < -0.3 is 9.42 Å². The first kappa shape index (κ1) is 20.5. The van der Waals surface area contributed by atoms with Crippen LogP contribution in [0.2, 0.25) is 0 Å². The van der Waals surface area contributed by atoms with Crippen molar-refractivity contribution in [3.63, 3.8) is 0 Å². The summed E-state index contributed by atoms with van der Waals surface area (Å²) in [6.45, 7) is 3.91. The average Bonchev–Trinajstić information content (AvgIpc) is 3.36. The highest BCUT2D eigenvalue weighted by molar-refractivity contribution is 5.88. The molecule has 32 heavy (non-hydrogen) atoms. The number of para-hydroxylation sites is 1. The van der Waals surface area contributed by atoms with Crippen molar-refractivity contribution in [2.24, 2.45) is 0 Å². The van der Waals surface area contributed by atoms with Crippen LogP contribution in [0.1, 0.15) is 17.7 Å². The first-order valence-electron chi connectivity index (χ1n) is 10.4. The number of benzene rings is 2. The van der Waals surface area contributed by atoms with Crippen LogP contribution in [-0.2, 0) is 12.7 Å². The van der Waals surface area contributed by atoms with Crippen molar-refractivity contribution in [1.82, 2.24) is 25.1 Å². The average molecular weight is 442 g/mol. The Balaban J connectivity index is 1.26. The van der Waals surface area contributed by atoms with E-state index in [9.17, 15) is 13.2 Å². The highest BCUT2D eigenvalue weighted by Crippen LogP contribution is 2.30. The zero-order valence-electron chi connectivity index (χ0n) is 17.2. The fourth-order valence-electron chi connectivity index (χ4n) is 3.99. The lowest BCUT2D eigenvalue weighted by Crippen LogP contribution is -2.30. The van der Waals surface area contributed by atoms with E-state index in [1.54, 1.807) is 12.3 Å². The molecule has 1 fully saturated rings. The molecule has 10 heteroatoms. The third-order valence-electron chi connectivity index (χ3n) is 5.61. The van der Waals surface area contributed by atoms with E-state index in [0.717, 1.165) is 61.5 Å². The predicted octanol–water partition coefficient (Wildman–Crippen LogP) is 4.14. The standard InChI is InChI=1S/C22H21F3N6O/c23-22(24,25)16-5-3-6-18(13-16)31-15-17(26-28-31)14-29-9-4-10-30(12-11-29)21-19-7-1-2-8-20(19)32-27-21/h1-3,5-8,13,15H,4,9-12,14H2. The van der Waals surface area contributed by atoms with Gasteiger partial charge in [-0.25, -0.2) is 4.68 Å². The zero-order valence-corrected chi connectivity index (χ0v) is 17.2. The second-order valence-corrected chi connectivity index (χ2v) is 7.82. The quantitative estimate of drug-likeness (QED) is 0.474. The van der Waals surface area contributed by atoms with Crippen LogP contribution in [0.25, 0.3) is 16.7 Å². The summed E-state index contributed by atoms with van der Waals surface area (Å²) in [6, 6.07) is 12.9. The second-order valence-electron chi connectivity index (χ2n) is 7.82. The number of fused-ring (bicyclic) bond motifs is 1. The molecule has 1 saturated heterocycles. The number of nitrogens with zero attached hydrogens (tertiary/aromatic N) is 6. The molecule has 0 aliphatic carbocycles. The molecule has 0 amide bonds. The van der Waals surface area contributed by atoms with Crippen LogP contribution in [0, 0.1) is 0 Å². The van der Waals surface area contributed by atoms with E-state index in [4.69, 9.17) is 4.52 Å². The molecule has 0 spiro atoms. The minimum Gasteiger partial charge on any atom is -0.354 e. The Labute approximate surface area is 182 Å². The smallest absolute Gasteiger partial charge is 0.354 e. The maximum atomic E-state index is 13.0. The Morgan fingerprint density at radius 2 is 1.84 bits per heavy atom. The molecule has 0 bridgehead atoms. The summed E-state index contributed by atoms with van der Waals surface area (Å²) >= 11 is 0. The summed E-state index contributed by atoms with van der Waals surface area (Å²) in [6.07, 6.45) is -1.77. The van der Waals surface area contributed by atoms with Gasteiger partial charge in [0.05, 0.1) is 28.5 Å². The lowest BCUT2D eigenvalue weighted by Gasteiger charge is -2.20. The van der Waals surface area contributed by atoms with Crippen molar-refractivity contribution >= 4 is 16.8 Å². The van der Waals surface area contributed by atoms with Crippen LogP contribution in [0.3, 0.4) is 0 Å². The van der Waals surface area contributed by atoms with Gasteiger partial charge in [0, 0.05) is 32.7 Å². The molecule has 5 rings (SSSR count). The van der Waals surface area contributed by atoms with Gasteiger partial charge in [0.1, 0.15) is 0 Å². The molecule has 4 aromatic rings. The van der Waals surface area contributed by atoms with Crippen molar-refractivity contribution in [2.45, 2.75) is 19.1 Å². The molecule has 1 aliphatic rings. The van der Waals surface area contributed by atoms with Crippen molar-refractivity contribution in [2.75, 3.05) is 31.1 Å². The topological polar surface area (TPSA) is 63.2 Å². The Morgan fingerprint density at radius 3 is 2.72 bits per heavy atom. The van der Waals surface area contributed by atoms with Gasteiger partial charge in [0.15, 0.2) is 11.4 Å². The lowest BCUT2D eigenvalue weighted by molar-refractivity contribution is -0.137. The van der Waals surface area contributed by atoms with Crippen molar-refractivity contribution < 1.29 is 17.7 Å². The van der Waals surface area contributed by atoms with Gasteiger partial charge in [-0.3, -0.25) is 4.90 Å². The third-order valence-corrected chi connectivity index (χ3v) is 5.61. The largest absolute Gasteiger partial charge is 0.416 e. The molecule has 2 aromatic heterocycles. The normalized spacial score (nSPS) is 15.9. The Morgan fingerprint density at radius 1 is 0.969 bits per heavy atom. The van der Waals surface area contributed by atoms with Gasteiger partial charge in [-0.15, -0.1) is 5.10 Å². The van der Waals surface area contributed by atoms with Gasteiger partial charge in [0.25, 0.3) is 0 Å². The van der Waals surface area contributed by atoms with E-state index in [2.05, 4.69) is 25.3 Å². The predicted molar refractivity (Wildman–Crippen MR) is 112 cm³/mol. The maximum absolute atomic E-state index is 13.0. The van der Waals surface area contributed by atoms with Crippen molar-refractivity contribution in [3.8, 4) is 5.69 Å². The number of anilines is 1. The van der Waals surface area contributed by atoms with Gasteiger partial charge in [-0.2, -0.15) is 13.2 Å². The van der Waals surface area contributed by atoms with E-state index in [1.807, 2.05) is 24.3 Å². The molecule has 1 aliphatic heterocycles. The molecule has 0 saturated carbocycles. The number of hydrogen-bond acceptors (Lipinski definition) is 6. The molecule has 2 aromatic carbocycles. The number of alkyl halides is 3. The zero-order chi connectivity index (χ0) is 22.1. The first-order chi connectivity index (χ1) is 15.5. The molecule has 0 atom stereocenters. The number of aromatic nitrogens is 4. The second kappa shape index (κ2) is 8.27. The number of hydrogen-bond donors (Lipinski definition) is 0. The molecule has 0 radical (unpaired) electrons. The van der Waals surface area contributed by atoms with E-state index >= 15 is 0 Å². The molecular weight excluding hydrogens is 421 g/mol. The summed E-state index contributed by atoms with van der Waals surface area (Å²) in [7, 11) is 0. The van der Waals surface area contributed by atoms with E-state index in [-0.39, 0.29) is 0 Å². The summed E-state index contributed by atoms with van der Waals surface area (Å²) < 4.78 is 45.8. The Bertz CT molecular complexity index is 1220. The van der Waals surface area contributed by atoms with Gasteiger partial charge in [-0.1, -0.05) is 28.6 Å². The summed E-state index contributed by atoms with van der Waals surface area (Å²) in [5.74, 6) is 0.859. The fraction of sp³-hybridized carbons (Fsp3) is 0.318. The van der Waals surface area contributed by atoms with Gasteiger partial charge in [-0.05, 0) is 36.8 Å². The van der Waals surface area contributed by atoms with Crippen LogP contribution < -0.4 is 4.90 Å². The first-order valence-corrected chi connectivity index (χ1v) is 10.4. The van der Waals surface area contributed by atoms with Crippen LogP contribution in [-0.4, -0.2) is 51.2 Å². The lowest BCUT2D eigenvalue weighted by atomic mass is 10.2. The maximum Gasteiger partial charge on any atom is 0.416 e. The van der Waals surface area contributed by atoms with E-state index in [0.29, 0.717) is 17.9 Å². The van der Waals surface area contributed by atoms with Crippen molar-refractivity contribution in [1.29, 1.82) is 0 Å². The Hall–Kier alpha value is -3.40. The van der Waals surface area contributed by atoms with Gasteiger partial charge >= 0.3 is 6.18 Å². The number of halogens is 3. The van der Waals surface area contributed by atoms with Crippen LogP contribution in [0.15, 0.2) is 59.3 Å². The minimum absolute atomic E-state index is 0.332.